The first kappa shape index (κ1) is 12.4. The van der Waals surface area contributed by atoms with Crippen LogP contribution in [0.15, 0.2) is 60.7 Å². The van der Waals surface area contributed by atoms with E-state index < -0.39 is 0 Å². The minimum absolute atomic E-state index is 0.00787. The zero-order valence-electron chi connectivity index (χ0n) is 11.3. The lowest BCUT2D eigenvalue weighted by molar-refractivity contribution is 0.104. The maximum Gasteiger partial charge on any atom is 0.193 e. The molecule has 98 valence electrons. The highest BCUT2D eigenvalue weighted by atomic mass is 16.1. The van der Waals surface area contributed by atoms with Gasteiger partial charge in [-0.15, -0.1) is 0 Å². The van der Waals surface area contributed by atoms with Gasteiger partial charge in [-0.2, -0.15) is 0 Å². The van der Waals surface area contributed by atoms with Crippen molar-refractivity contribution >= 4 is 22.2 Å². The maximum absolute atomic E-state index is 12.7. The first-order valence-electron chi connectivity index (χ1n) is 6.55. The first-order chi connectivity index (χ1) is 9.66. The van der Waals surface area contributed by atoms with E-state index >= 15 is 0 Å². The Morgan fingerprint density at radius 2 is 1.65 bits per heavy atom. The Morgan fingerprint density at radius 1 is 0.900 bits per heavy atom. The molecule has 0 unspecified atom stereocenters. The second-order valence-electron chi connectivity index (χ2n) is 4.93. The Bertz CT molecular complexity index is 805. The van der Waals surface area contributed by atoms with E-state index in [9.17, 15) is 4.79 Å². The second kappa shape index (κ2) is 4.82. The van der Waals surface area contributed by atoms with Crippen molar-refractivity contribution in [2.75, 3.05) is 5.73 Å². The fraction of sp³-hybridized carbons (Fsp3) is 0.0556. The monoisotopic (exact) mass is 261 g/mol. The number of anilines is 1. The zero-order chi connectivity index (χ0) is 14.1. The third-order valence-corrected chi connectivity index (χ3v) is 3.54. The van der Waals surface area contributed by atoms with Gasteiger partial charge in [-0.1, -0.05) is 48.5 Å². The van der Waals surface area contributed by atoms with Gasteiger partial charge in [-0.05, 0) is 35.4 Å². The fourth-order valence-electron chi connectivity index (χ4n) is 2.48. The van der Waals surface area contributed by atoms with Crippen molar-refractivity contribution in [2.24, 2.45) is 0 Å². The summed E-state index contributed by atoms with van der Waals surface area (Å²) in [6, 6.07) is 19.0. The molecule has 3 rings (SSSR count). The molecular weight excluding hydrogens is 246 g/mol. The van der Waals surface area contributed by atoms with Gasteiger partial charge in [0.1, 0.15) is 0 Å². The van der Waals surface area contributed by atoms with E-state index in [4.69, 9.17) is 5.73 Å². The Morgan fingerprint density at radius 3 is 2.40 bits per heavy atom. The van der Waals surface area contributed by atoms with Crippen molar-refractivity contribution < 1.29 is 4.79 Å². The van der Waals surface area contributed by atoms with Gasteiger partial charge in [0.2, 0.25) is 0 Å². The van der Waals surface area contributed by atoms with Gasteiger partial charge >= 0.3 is 0 Å². The van der Waals surface area contributed by atoms with Crippen LogP contribution in [0.5, 0.6) is 0 Å². The van der Waals surface area contributed by atoms with E-state index in [1.165, 1.54) is 5.56 Å². The Hall–Kier alpha value is -2.61. The van der Waals surface area contributed by atoms with Crippen LogP contribution in [0.4, 0.5) is 5.69 Å². The largest absolute Gasteiger partial charge is 0.399 e. The number of benzene rings is 3. The number of hydrogen-bond acceptors (Lipinski definition) is 2. The van der Waals surface area contributed by atoms with Crippen molar-refractivity contribution in [2.45, 2.75) is 6.92 Å². The minimum Gasteiger partial charge on any atom is -0.399 e. The van der Waals surface area contributed by atoms with E-state index in [-0.39, 0.29) is 5.78 Å². The lowest BCUT2D eigenvalue weighted by Crippen LogP contribution is -2.03. The number of aryl methyl sites for hydroxylation is 1. The Labute approximate surface area is 117 Å². The quantitative estimate of drug-likeness (QED) is 0.560. The molecule has 0 atom stereocenters. The summed E-state index contributed by atoms with van der Waals surface area (Å²) >= 11 is 0. The number of nitrogens with two attached hydrogens (primary N) is 1. The second-order valence-corrected chi connectivity index (χ2v) is 4.93. The lowest BCUT2D eigenvalue weighted by Gasteiger charge is -2.08. The average Bonchev–Trinajstić information content (AvgIpc) is 2.47. The predicted molar refractivity (Wildman–Crippen MR) is 83.0 cm³/mol. The first-order valence-corrected chi connectivity index (χ1v) is 6.55. The number of nitrogen functional groups attached to an aromatic ring is 1. The van der Waals surface area contributed by atoms with Crippen LogP contribution >= 0.6 is 0 Å². The normalized spacial score (nSPS) is 10.7. The summed E-state index contributed by atoms with van der Waals surface area (Å²) in [7, 11) is 0. The van der Waals surface area contributed by atoms with Crippen molar-refractivity contribution in [3.8, 4) is 0 Å². The van der Waals surface area contributed by atoms with E-state index in [0.29, 0.717) is 11.3 Å². The molecule has 0 heterocycles. The molecule has 20 heavy (non-hydrogen) atoms. The van der Waals surface area contributed by atoms with Crippen LogP contribution in [0, 0.1) is 6.92 Å². The fourth-order valence-corrected chi connectivity index (χ4v) is 2.48. The Balaban J connectivity index is 2.20. The molecule has 2 N–H and O–H groups in total. The van der Waals surface area contributed by atoms with Gasteiger partial charge in [0.25, 0.3) is 0 Å². The zero-order valence-corrected chi connectivity index (χ0v) is 11.3. The summed E-state index contributed by atoms with van der Waals surface area (Å²) in [5.41, 5.74) is 8.88. The predicted octanol–water partition coefficient (Wildman–Crippen LogP) is 3.96. The van der Waals surface area contributed by atoms with Crippen LogP contribution in [0.3, 0.4) is 0 Å². The molecule has 0 amide bonds. The molecule has 2 heteroatoms. The molecule has 0 saturated carbocycles. The molecule has 0 aliphatic heterocycles. The van der Waals surface area contributed by atoms with Crippen molar-refractivity contribution in [1.82, 2.24) is 0 Å². The molecule has 0 bridgehead atoms. The number of rotatable bonds is 2. The van der Waals surface area contributed by atoms with Crippen LogP contribution in [-0.2, 0) is 0 Å². The SMILES string of the molecule is Cc1ccc(C(=O)c2cccc(N)c2)c2ccccc12. The summed E-state index contributed by atoms with van der Waals surface area (Å²) in [4.78, 5) is 12.7. The highest BCUT2D eigenvalue weighted by Crippen LogP contribution is 2.24. The van der Waals surface area contributed by atoms with Crippen LogP contribution in [0.1, 0.15) is 21.5 Å². The van der Waals surface area contributed by atoms with E-state index in [1.54, 1.807) is 24.3 Å². The van der Waals surface area contributed by atoms with Crippen LogP contribution in [-0.4, -0.2) is 5.78 Å². The number of hydrogen-bond donors (Lipinski definition) is 1. The third-order valence-electron chi connectivity index (χ3n) is 3.54. The highest BCUT2D eigenvalue weighted by Gasteiger charge is 2.13. The van der Waals surface area contributed by atoms with E-state index in [2.05, 4.69) is 6.92 Å². The highest BCUT2D eigenvalue weighted by molar-refractivity contribution is 6.17. The minimum atomic E-state index is 0.00787. The smallest absolute Gasteiger partial charge is 0.193 e. The van der Waals surface area contributed by atoms with Crippen molar-refractivity contribution in [3.05, 3.63) is 77.4 Å². The molecule has 0 fully saturated rings. The maximum atomic E-state index is 12.7. The van der Waals surface area contributed by atoms with Crippen molar-refractivity contribution in [1.29, 1.82) is 0 Å². The number of carbonyl (C=O) groups is 1. The summed E-state index contributed by atoms with van der Waals surface area (Å²) in [5, 5.41) is 2.10. The number of ketones is 1. The molecule has 2 nitrogen and oxygen atoms in total. The van der Waals surface area contributed by atoms with Gasteiger partial charge in [0.05, 0.1) is 0 Å². The topological polar surface area (TPSA) is 43.1 Å². The molecule has 3 aromatic carbocycles. The van der Waals surface area contributed by atoms with E-state index in [0.717, 1.165) is 16.3 Å². The Kier molecular flexibility index (Phi) is 2.99. The number of fused-ring (bicyclic) bond motifs is 1. The lowest BCUT2D eigenvalue weighted by atomic mass is 9.95. The molecule has 0 aromatic heterocycles. The number of carbonyl (C=O) groups excluding carboxylic acids is 1. The van der Waals surface area contributed by atoms with Gasteiger partial charge in [-0.3, -0.25) is 4.79 Å². The van der Waals surface area contributed by atoms with Crippen LogP contribution < -0.4 is 5.73 Å². The molecule has 0 spiro atoms. The van der Waals surface area contributed by atoms with E-state index in [1.807, 2.05) is 36.4 Å². The summed E-state index contributed by atoms with van der Waals surface area (Å²) in [6.07, 6.45) is 0. The standard InChI is InChI=1S/C18H15NO/c1-12-9-10-17(16-8-3-2-7-15(12)16)18(20)13-5-4-6-14(19)11-13/h2-11H,19H2,1H3. The van der Waals surface area contributed by atoms with Gasteiger partial charge < -0.3 is 5.73 Å². The van der Waals surface area contributed by atoms with Gasteiger partial charge in [-0.25, -0.2) is 0 Å². The van der Waals surface area contributed by atoms with Crippen LogP contribution in [0.25, 0.3) is 10.8 Å². The summed E-state index contributed by atoms with van der Waals surface area (Å²) < 4.78 is 0. The van der Waals surface area contributed by atoms with Gasteiger partial charge in [0.15, 0.2) is 5.78 Å². The average molecular weight is 261 g/mol. The molecule has 3 aromatic rings. The molecule has 0 radical (unpaired) electrons. The third kappa shape index (κ3) is 2.05. The van der Waals surface area contributed by atoms with Crippen LogP contribution in [0.2, 0.25) is 0 Å². The molecule has 0 aliphatic rings. The summed E-state index contributed by atoms with van der Waals surface area (Å²) in [6.45, 7) is 2.05. The summed E-state index contributed by atoms with van der Waals surface area (Å²) in [5.74, 6) is 0.00787. The van der Waals surface area contributed by atoms with Crippen molar-refractivity contribution in [3.63, 3.8) is 0 Å². The molecule has 0 aliphatic carbocycles. The van der Waals surface area contributed by atoms with Gasteiger partial charge in [0, 0.05) is 16.8 Å². The molecular formula is C18H15NO. The molecule has 0 saturated heterocycles.